The first-order valence-corrected chi connectivity index (χ1v) is 7.76. The fraction of sp³-hybridized carbons (Fsp3) is 0.500. The Morgan fingerprint density at radius 1 is 1.33 bits per heavy atom. The molecule has 0 saturated carbocycles. The van der Waals surface area contributed by atoms with Gasteiger partial charge in [-0.1, -0.05) is 0 Å². The first kappa shape index (κ1) is 16.2. The van der Waals surface area contributed by atoms with Gasteiger partial charge < -0.3 is 14.7 Å². The lowest BCUT2D eigenvalue weighted by Crippen LogP contribution is -2.52. The average Bonchev–Trinajstić information content (AvgIpc) is 2.77. The first-order chi connectivity index (χ1) is 11.2. The standard InChI is InChI=1S/C16H20N4O4/c1-16(2,3)24-15(23)19-8-11(9-19)20-13-5-4-10(6-14(21)22)18-12(13)7-17-20/h4-5,7,11H,6,8-9H2,1-3H3,(H,21,22). The average molecular weight is 332 g/mol. The molecule has 1 saturated heterocycles. The van der Waals surface area contributed by atoms with E-state index in [-0.39, 0.29) is 18.6 Å². The van der Waals surface area contributed by atoms with Gasteiger partial charge in [-0.3, -0.25) is 9.48 Å². The number of amides is 1. The molecule has 1 amide bonds. The Morgan fingerprint density at radius 3 is 2.67 bits per heavy atom. The number of likely N-dealkylation sites (tertiary alicyclic amines) is 1. The highest BCUT2D eigenvalue weighted by atomic mass is 16.6. The zero-order valence-electron chi connectivity index (χ0n) is 13.9. The quantitative estimate of drug-likeness (QED) is 0.921. The van der Waals surface area contributed by atoms with Gasteiger partial charge in [0.1, 0.15) is 11.1 Å². The van der Waals surface area contributed by atoms with Crippen molar-refractivity contribution in [2.75, 3.05) is 13.1 Å². The third-order valence-electron chi connectivity index (χ3n) is 3.70. The molecule has 3 heterocycles. The van der Waals surface area contributed by atoms with Gasteiger partial charge in [-0.15, -0.1) is 0 Å². The number of ether oxygens (including phenoxy) is 1. The topological polar surface area (TPSA) is 97.5 Å². The van der Waals surface area contributed by atoms with Crippen LogP contribution in [0.3, 0.4) is 0 Å². The summed E-state index contributed by atoms with van der Waals surface area (Å²) < 4.78 is 7.16. The number of hydrogen-bond acceptors (Lipinski definition) is 5. The molecule has 128 valence electrons. The SMILES string of the molecule is CC(C)(C)OC(=O)N1CC(n2ncc3nc(CC(=O)O)ccc32)C1. The Hall–Kier alpha value is -2.64. The molecule has 24 heavy (non-hydrogen) atoms. The van der Waals surface area contributed by atoms with E-state index >= 15 is 0 Å². The molecule has 0 bridgehead atoms. The van der Waals surface area contributed by atoms with Crippen LogP contribution in [0.5, 0.6) is 0 Å². The Kier molecular flexibility index (Phi) is 3.90. The van der Waals surface area contributed by atoms with Crippen LogP contribution < -0.4 is 0 Å². The van der Waals surface area contributed by atoms with Crippen LogP contribution in [0.4, 0.5) is 4.79 Å². The molecule has 0 aliphatic carbocycles. The fourth-order valence-corrected chi connectivity index (χ4v) is 2.61. The predicted molar refractivity (Wildman–Crippen MR) is 85.7 cm³/mol. The van der Waals surface area contributed by atoms with Crippen molar-refractivity contribution in [3.05, 3.63) is 24.0 Å². The highest BCUT2D eigenvalue weighted by Gasteiger charge is 2.35. The van der Waals surface area contributed by atoms with Crippen LogP contribution >= 0.6 is 0 Å². The summed E-state index contributed by atoms with van der Waals surface area (Å²) in [5.74, 6) is -0.916. The molecule has 0 atom stereocenters. The van der Waals surface area contributed by atoms with E-state index < -0.39 is 11.6 Å². The van der Waals surface area contributed by atoms with E-state index in [9.17, 15) is 9.59 Å². The number of rotatable bonds is 3. The zero-order chi connectivity index (χ0) is 17.5. The van der Waals surface area contributed by atoms with Crippen LogP contribution in [-0.4, -0.2) is 55.5 Å². The van der Waals surface area contributed by atoms with Gasteiger partial charge >= 0.3 is 12.1 Å². The van der Waals surface area contributed by atoms with Gasteiger partial charge in [0.2, 0.25) is 0 Å². The van der Waals surface area contributed by atoms with Gasteiger partial charge in [0.15, 0.2) is 0 Å². The number of pyridine rings is 1. The first-order valence-electron chi connectivity index (χ1n) is 7.76. The molecule has 3 rings (SSSR count). The molecule has 8 heteroatoms. The second-order valence-corrected chi connectivity index (χ2v) is 6.91. The fourth-order valence-electron chi connectivity index (χ4n) is 2.61. The molecule has 0 spiro atoms. The highest BCUT2D eigenvalue weighted by molar-refractivity contribution is 5.76. The van der Waals surface area contributed by atoms with Gasteiger partial charge in [0, 0.05) is 13.1 Å². The van der Waals surface area contributed by atoms with Crippen LogP contribution in [0.25, 0.3) is 11.0 Å². The molecule has 0 aromatic carbocycles. The van der Waals surface area contributed by atoms with Crippen molar-refractivity contribution in [2.45, 2.75) is 38.8 Å². The van der Waals surface area contributed by atoms with Crippen LogP contribution in [0.2, 0.25) is 0 Å². The van der Waals surface area contributed by atoms with Gasteiger partial charge in [-0.2, -0.15) is 5.10 Å². The van der Waals surface area contributed by atoms with Crippen molar-refractivity contribution in [3.63, 3.8) is 0 Å². The monoisotopic (exact) mass is 332 g/mol. The Morgan fingerprint density at radius 2 is 2.04 bits per heavy atom. The predicted octanol–water partition coefficient (Wildman–Crippen LogP) is 1.85. The lowest BCUT2D eigenvalue weighted by molar-refractivity contribution is -0.136. The summed E-state index contributed by atoms with van der Waals surface area (Å²) in [5, 5.41) is 13.2. The molecule has 1 N–H and O–H groups in total. The maximum atomic E-state index is 12.0. The summed E-state index contributed by atoms with van der Waals surface area (Å²) in [5.41, 5.74) is 1.48. The largest absolute Gasteiger partial charge is 0.481 e. The number of aliphatic carboxylic acids is 1. The van der Waals surface area contributed by atoms with Crippen molar-refractivity contribution < 1.29 is 19.4 Å². The minimum absolute atomic E-state index is 0.0714. The Labute approximate surface area is 139 Å². The number of aromatic nitrogens is 3. The van der Waals surface area contributed by atoms with E-state index in [1.807, 2.05) is 31.5 Å². The zero-order valence-corrected chi connectivity index (χ0v) is 13.9. The van der Waals surface area contributed by atoms with E-state index in [0.717, 1.165) is 5.52 Å². The summed E-state index contributed by atoms with van der Waals surface area (Å²) in [6, 6.07) is 3.59. The van der Waals surface area contributed by atoms with E-state index in [2.05, 4.69) is 10.1 Å². The highest BCUT2D eigenvalue weighted by Crippen LogP contribution is 2.26. The Balaban J connectivity index is 1.69. The van der Waals surface area contributed by atoms with Crippen molar-refractivity contribution in [2.24, 2.45) is 0 Å². The summed E-state index contributed by atoms with van der Waals surface area (Å²) in [7, 11) is 0. The van der Waals surface area contributed by atoms with E-state index in [1.54, 1.807) is 17.2 Å². The van der Waals surface area contributed by atoms with Gasteiger partial charge in [0.05, 0.1) is 29.9 Å². The van der Waals surface area contributed by atoms with Crippen LogP contribution in [-0.2, 0) is 16.0 Å². The third kappa shape index (κ3) is 3.32. The number of nitrogens with zero attached hydrogens (tertiary/aromatic N) is 4. The molecular formula is C16H20N4O4. The van der Waals surface area contributed by atoms with Gasteiger partial charge in [-0.05, 0) is 32.9 Å². The minimum atomic E-state index is -0.916. The van der Waals surface area contributed by atoms with E-state index in [1.165, 1.54) is 0 Å². The minimum Gasteiger partial charge on any atom is -0.481 e. The van der Waals surface area contributed by atoms with E-state index in [0.29, 0.717) is 24.3 Å². The van der Waals surface area contributed by atoms with Crippen molar-refractivity contribution in [3.8, 4) is 0 Å². The molecule has 2 aromatic rings. The van der Waals surface area contributed by atoms with Gasteiger partial charge in [0.25, 0.3) is 0 Å². The maximum absolute atomic E-state index is 12.0. The summed E-state index contributed by atoms with van der Waals surface area (Å²) in [6.45, 7) is 6.57. The molecule has 0 unspecified atom stereocenters. The molecular weight excluding hydrogens is 312 g/mol. The second kappa shape index (κ2) is 5.77. The van der Waals surface area contributed by atoms with Crippen molar-refractivity contribution >= 4 is 23.1 Å². The van der Waals surface area contributed by atoms with Crippen LogP contribution in [0.1, 0.15) is 32.5 Å². The number of hydrogen-bond donors (Lipinski definition) is 1. The number of fused-ring (bicyclic) bond motifs is 1. The van der Waals surface area contributed by atoms with E-state index in [4.69, 9.17) is 9.84 Å². The molecule has 8 nitrogen and oxygen atoms in total. The number of carboxylic acids is 1. The number of carboxylic acid groups (broad SMARTS) is 1. The lowest BCUT2D eigenvalue weighted by Gasteiger charge is -2.39. The summed E-state index contributed by atoms with van der Waals surface area (Å²) in [4.78, 5) is 28.7. The van der Waals surface area contributed by atoms with Crippen molar-refractivity contribution in [1.82, 2.24) is 19.7 Å². The number of carbonyl (C=O) groups excluding carboxylic acids is 1. The number of carbonyl (C=O) groups is 2. The van der Waals surface area contributed by atoms with Gasteiger partial charge in [-0.25, -0.2) is 9.78 Å². The van der Waals surface area contributed by atoms with Crippen molar-refractivity contribution in [1.29, 1.82) is 0 Å². The maximum Gasteiger partial charge on any atom is 0.410 e. The summed E-state index contributed by atoms with van der Waals surface area (Å²) in [6.07, 6.45) is 1.19. The molecule has 1 aliphatic rings. The molecule has 1 fully saturated rings. The molecule has 0 radical (unpaired) electrons. The molecule has 1 aliphatic heterocycles. The normalized spacial score (nSPS) is 15.4. The lowest BCUT2D eigenvalue weighted by atomic mass is 10.1. The molecule has 2 aromatic heterocycles. The second-order valence-electron chi connectivity index (χ2n) is 6.91. The smallest absolute Gasteiger partial charge is 0.410 e. The van der Waals surface area contributed by atoms with Crippen LogP contribution in [0, 0.1) is 0 Å². The Bertz CT molecular complexity index is 787. The summed E-state index contributed by atoms with van der Waals surface area (Å²) >= 11 is 0. The van der Waals surface area contributed by atoms with Crippen LogP contribution in [0.15, 0.2) is 18.3 Å². The third-order valence-corrected chi connectivity index (χ3v) is 3.70.